The van der Waals surface area contributed by atoms with Gasteiger partial charge in [-0.2, -0.15) is 0 Å². The Hall–Kier alpha value is -1.07. The summed E-state index contributed by atoms with van der Waals surface area (Å²) in [6.45, 7) is 4.22. The molecule has 0 spiro atoms. The van der Waals surface area contributed by atoms with Crippen molar-refractivity contribution in [2.45, 2.75) is 19.9 Å². The molecule has 2 aromatic carbocycles. The van der Waals surface area contributed by atoms with Gasteiger partial charge in [-0.15, -0.1) is 0 Å². The standard InChI is InChI=1S/C17H20INO/c1-11-10-16(20-4)12(2)9-14(11)17(19-3)13-7-5-6-8-15(13)18/h5-10,17,19H,1-4H3. The van der Waals surface area contributed by atoms with E-state index in [1.807, 2.05) is 7.05 Å². The highest BCUT2D eigenvalue weighted by molar-refractivity contribution is 14.1. The number of benzene rings is 2. The monoisotopic (exact) mass is 381 g/mol. The highest BCUT2D eigenvalue weighted by atomic mass is 127. The first-order chi connectivity index (χ1) is 9.58. The van der Waals surface area contributed by atoms with E-state index in [0.717, 1.165) is 5.75 Å². The predicted octanol–water partition coefficient (Wildman–Crippen LogP) is 4.23. The van der Waals surface area contributed by atoms with Gasteiger partial charge in [0.2, 0.25) is 0 Å². The lowest BCUT2D eigenvalue weighted by Crippen LogP contribution is -2.20. The van der Waals surface area contributed by atoms with Gasteiger partial charge in [-0.05, 0) is 77.9 Å². The van der Waals surface area contributed by atoms with Crippen molar-refractivity contribution in [3.63, 3.8) is 0 Å². The van der Waals surface area contributed by atoms with E-state index in [9.17, 15) is 0 Å². The van der Waals surface area contributed by atoms with Crippen LogP contribution in [-0.4, -0.2) is 14.2 Å². The van der Waals surface area contributed by atoms with Gasteiger partial charge >= 0.3 is 0 Å². The summed E-state index contributed by atoms with van der Waals surface area (Å²) in [5, 5.41) is 3.44. The molecule has 0 aliphatic carbocycles. The lowest BCUT2D eigenvalue weighted by Gasteiger charge is -2.22. The fourth-order valence-electron chi connectivity index (χ4n) is 2.53. The van der Waals surface area contributed by atoms with E-state index >= 15 is 0 Å². The maximum atomic E-state index is 5.40. The Balaban J connectivity index is 2.53. The van der Waals surface area contributed by atoms with Crippen LogP contribution in [0.5, 0.6) is 5.75 Å². The minimum atomic E-state index is 0.202. The number of rotatable bonds is 4. The quantitative estimate of drug-likeness (QED) is 0.801. The summed E-state index contributed by atoms with van der Waals surface area (Å²) < 4.78 is 6.68. The molecule has 2 rings (SSSR count). The van der Waals surface area contributed by atoms with E-state index in [0.29, 0.717) is 0 Å². The van der Waals surface area contributed by atoms with Crippen molar-refractivity contribution in [1.29, 1.82) is 0 Å². The smallest absolute Gasteiger partial charge is 0.122 e. The van der Waals surface area contributed by atoms with Gasteiger partial charge in [-0.25, -0.2) is 0 Å². The molecule has 20 heavy (non-hydrogen) atoms. The summed E-state index contributed by atoms with van der Waals surface area (Å²) in [4.78, 5) is 0. The summed E-state index contributed by atoms with van der Waals surface area (Å²) in [7, 11) is 3.73. The van der Waals surface area contributed by atoms with Crippen LogP contribution < -0.4 is 10.1 Å². The molecule has 0 aliphatic heterocycles. The van der Waals surface area contributed by atoms with Crippen molar-refractivity contribution in [1.82, 2.24) is 5.32 Å². The molecule has 0 aromatic heterocycles. The van der Waals surface area contributed by atoms with Crippen LogP contribution in [0.1, 0.15) is 28.3 Å². The number of halogens is 1. The third-order valence-electron chi connectivity index (χ3n) is 3.60. The van der Waals surface area contributed by atoms with Crippen molar-refractivity contribution in [2.75, 3.05) is 14.2 Å². The zero-order valence-corrected chi connectivity index (χ0v) is 14.5. The van der Waals surface area contributed by atoms with Crippen LogP contribution in [0.2, 0.25) is 0 Å². The first-order valence-electron chi connectivity index (χ1n) is 6.65. The number of hydrogen-bond donors (Lipinski definition) is 1. The van der Waals surface area contributed by atoms with E-state index in [2.05, 4.69) is 78.2 Å². The van der Waals surface area contributed by atoms with Crippen LogP contribution in [0, 0.1) is 17.4 Å². The first kappa shape index (κ1) is 15.3. The molecule has 2 aromatic rings. The second kappa shape index (κ2) is 6.59. The molecule has 1 unspecified atom stereocenters. The predicted molar refractivity (Wildman–Crippen MR) is 92.5 cm³/mol. The van der Waals surface area contributed by atoms with E-state index in [4.69, 9.17) is 4.74 Å². The third kappa shape index (κ3) is 2.99. The fraction of sp³-hybridized carbons (Fsp3) is 0.294. The highest BCUT2D eigenvalue weighted by Gasteiger charge is 2.18. The molecule has 0 amide bonds. The Morgan fingerprint density at radius 2 is 1.75 bits per heavy atom. The molecule has 2 nitrogen and oxygen atoms in total. The third-order valence-corrected chi connectivity index (χ3v) is 4.58. The van der Waals surface area contributed by atoms with E-state index in [-0.39, 0.29) is 6.04 Å². The molecule has 3 heteroatoms. The molecule has 0 fully saturated rings. The molecule has 0 bridgehead atoms. The molecule has 1 atom stereocenters. The molecular weight excluding hydrogens is 361 g/mol. The van der Waals surface area contributed by atoms with Gasteiger partial charge in [0.15, 0.2) is 0 Å². The van der Waals surface area contributed by atoms with Crippen LogP contribution in [0.4, 0.5) is 0 Å². The van der Waals surface area contributed by atoms with Crippen LogP contribution in [0.3, 0.4) is 0 Å². The minimum Gasteiger partial charge on any atom is -0.496 e. The number of nitrogens with one attached hydrogen (secondary N) is 1. The van der Waals surface area contributed by atoms with Crippen LogP contribution in [0.25, 0.3) is 0 Å². The second-order valence-electron chi connectivity index (χ2n) is 4.92. The Morgan fingerprint density at radius 3 is 2.35 bits per heavy atom. The molecule has 106 valence electrons. The molecule has 0 aliphatic rings. The molecule has 1 N–H and O–H groups in total. The average molecular weight is 381 g/mol. The number of ether oxygens (including phenoxy) is 1. The van der Waals surface area contributed by atoms with Crippen molar-refractivity contribution >= 4 is 22.6 Å². The van der Waals surface area contributed by atoms with Crippen LogP contribution >= 0.6 is 22.6 Å². The number of aryl methyl sites for hydroxylation is 2. The maximum absolute atomic E-state index is 5.40. The lowest BCUT2D eigenvalue weighted by atomic mass is 9.93. The number of hydrogen-bond acceptors (Lipinski definition) is 2. The topological polar surface area (TPSA) is 21.3 Å². The first-order valence-corrected chi connectivity index (χ1v) is 7.73. The Morgan fingerprint density at radius 1 is 1.05 bits per heavy atom. The van der Waals surface area contributed by atoms with Crippen LogP contribution in [0.15, 0.2) is 36.4 Å². The van der Waals surface area contributed by atoms with Gasteiger partial charge in [0.25, 0.3) is 0 Å². The zero-order valence-electron chi connectivity index (χ0n) is 12.3. The average Bonchev–Trinajstić information content (AvgIpc) is 2.45. The van der Waals surface area contributed by atoms with E-state index in [1.165, 1.54) is 25.8 Å². The van der Waals surface area contributed by atoms with Crippen molar-refractivity contribution in [3.8, 4) is 5.75 Å². The van der Waals surface area contributed by atoms with Crippen molar-refractivity contribution in [2.24, 2.45) is 0 Å². The summed E-state index contributed by atoms with van der Waals surface area (Å²) in [5.74, 6) is 0.948. The van der Waals surface area contributed by atoms with Gasteiger partial charge in [0.05, 0.1) is 13.2 Å². The van der Waals surface area contributed by atoms with Gasteiger partial charge in [-0.1, -0.05) is 24.3 Å². The molecule has 0 saturated carbocycles. The molecule has 0 radical (unpaired) electrons. The largest absolute Gasteiger partial charge is 0.496 e. The van der Waals surface area contributed by atoms with Crippen molar-refractivity contribution in [3.05, 3.63) is 62.2 Å². The fourth-order valence-corrected chi connectivity index (χ4v) is 3.23. The second-order valence-corrected chi connectivity index (χ2v) is 6.08. The Labute approximate surface area is 134 Å². The Kier molecular flexibility index (Phi) is 5.05. The van der Waals surface area contributed by atoms with Gasteiger partial charge < -0.3 is 10.1 Å². The normalized spacial score (nSPS) is 12.2. The Bertz CT molecular complexity index is 610. The zero-order chi connectivity index (χ0) is 14.7. The highest BCUT2D eigenvalue weighted by Crippen LogP contribution is 2.31. The molecule has 0 heterocycles. The number of methoxy groups -OCH3 is 1. The molecule has 0 saturated heterocycles. The summed E-state index contributed by atoms with van der Waals surface area (Å²) in [6, 6.07) is 13.0. The molecular formula is C17H20INO. The van der Waals surface area contributed by atoms with Crippen LogP contribution in [-0.2, 0) is 0 Å². The van der Waals surface area contributed by atoms with Gasteiger partial charge in [-0.3, -0.25) is 0 Å². The summed E-state index contributed by atoms with van der Waals surface area (Å²) in [5.41, 5.74) is 5.02. The summed E-state index contributed by atoms with van der Waals surface area (Å²) in [6.07, 6.45) is 0. The maximum Gasteiger partial charge on any atom is 0.122 e. The lowest BCUT2D eigenvalue weighted by molar-refractivity contribution is 0.411. The summed E-state index contributed by atoms with van der Waals surface area (Å²) >= 11 is 2.40. The van der Waals surface area contributed by atoms with Gasteiger partial charge in [0.1, 0.15) is 5.75 Å². The van der Waals surface area contributed by atoms with Gasteiger partial charge in [0, 0.05) is 3.57 Å². The van der Waals surface area contributed by atoms with E-state index in [1.54, 1.807) is 7.11 Å². The SMILES string of the molecule is CNC(c1cc(C)c(OC)cc1C)c1ccccc1I. The van der Waals surface area contributed by atoms with Crippen molar-refractivity contribution < 1.29 is 4.74 Å². The van der Waals surface area contributed by atoms with E-state index < -0.39 is 0 Å². The minimum absolute atomic E-state index is 0.202.